The van der Waals surface area contributed by atoms with Gasteiger partial charge in [0.15, 0.2) is 0 Å². The zero-order valence-corrected chi connectivity index (χ0v) is 23.5. The smallest absolute Gasteiger partial charge is 0.369 e. The van der Waals surface area contributed by atoms with Crippen LogP contribution < -0.4 is 11.1 Å². The average molecular weight is 560 g/mol. The van der Waals surface area contributed by atoms with Gasteiger partial charge in [0.2, 0.25) is 17.7 Å². The molecule has 6 nitrogen and oxygen atoms in total. The number of benzene rings is 2. The van der Waals surface area contributed by atoms with Crippen LogP contribution in [0.5, 0.6) is 0 Å². The van der Waals surface area contributed by atoms with E-state index in [0.29, 0.717) is 37.9 Å². The summed E-state index contributed by atoms with van der Waals surface area (Å²) in [5.74, 6) is -1.93. The van der Waals surface area contributed by atoms with Gasteiger partial charge >= 0.3 is 6.18 Å². The number of hydrogen-bond donors (Lipinski definition) is 2. The summed E-state index contributed by atoms with van der Waals surface area (Å²) in [6.07, 6.45) is -0.517. The Bertz CT molecular complexity index is 1150. The second kappa shape index (κ2) is 13.8. The van der Waals surface area contributed by atoms with E-state index >= 15 is 0 Å². The predicted octanol–water partition coefficient (Wildman–Crippen LogP) is 5.93. The van der Waals surface area contributed by atoms with Crippen LogP contribution in [0, 0.1) is 17.8 Å². The summed E-state index contributed by atoms with van der Waals surface area (Å²) < 4.78 is 38.6. The Hall–Kier alpha value is -3.36. The highest BCUT2D eigenvalue weighted by molar-refractivity contribution is 5.91. The molecule has 1 unspecified atom stereocenters. The number of rotatable bonds is 11. The minimum Gasteiger partial charge on any atom is -0.369 e. The highest BCUT2D eigenvalue weighted by Gasteiger charge is 2.36. The second-order valence-corrected chi connectivity index (χ2v) is 11.1. The number of nitrogens with one attached hydrogen (secondary N) is 1. The van der Waals surface area contributed by atoms with Gasteiger partial charge in [-0.15, -0.1) is 0 Å². The number of primary amides is 1. The SMILES string of the molecule is CCC[C@H](C(N)=O)C(CC(C)C)C(=O)N[C@H]1CCCCN(Cc2ccc(-c3ccc(C(F)(F)F)cc3)cc2)C1=O. The van der Waals surface area contributed by atoms with E-state index in [4.69, 9.17) is 5.73 Å². The molecular weight excluding hydrogens is 519 g/mol. The van der Waals surface area contributed by atoms with Crippen LogP contribution in [0.25, 0.3) is 11.1 Å². The number of alkyl halides is 3. The lowest BCUT2D eigenvalue weighted by Crippen LogP contribution is -2.50. The fourth-order valence-electron chi connectivity index (χ4n) is 5.36. The molecule has 0 aliphatic carbocycles. The van der Waals surface area contributed by atoms with Crippen LogP contribution in [0.1, 0.15) is 70.4 Å². The standard InChI is InChI=1S/C31H40F3N3O3/c1-4-7-25(28(35)38)26(18-20(2)3)29(39)36-27-8-5-6-17-37(30(27)40)19-21-9-11-22(12-10-21)23-13-15-24(16-14-23)31(32,33)34/h9-16,20,25-27H,4-8,17-19H2,1-3H3,(H2,35,38)(H,36,39)/t25-,26?,27-/m0/s1. The highest BCUT2D eigenvalue weighted by atomic mass is 19.4. The number of amides is 3. The van der Waals surface area contributed by atoms with Crippen molar-refractivity contribution in [1.29, 1.82) is 0 Å². The van der Waals surface area contributed by atoms with E-state index in [1.807, 2.05) is 45.0 Å². The summed E-state index contributed by atoms with van der Waals surface area (Å²) in [6.45, 7) is 6.84. The van der Waals surface area contributed by atoms with Crippen molar-refractivity contribution in [2.45, 2.75) is 78.1 Å². The third-order valence-corrected chi connectivity index (χ3v) is 7.48. The first-order chi connectivity index (χ1) is 18.9. The third kappa shape index (κ3) is 8.32. The number of carbonyl (C=O) groups is 3. The van der Waals surface area contributed by atoms with Gasteiger partial charge in [-0.25, -0.2) is 0 Å². The molecule has 218 valence electrons. The van der Waals surface area contributed by atoms with Gasteiger partial charge in [0.1, 0.15) is 6.04 Å². The van der Waals surface area contributed by atoms with E-state index in [1.165, 1.54) is 12.1 Å². The predicted molar refractivity (Wildman–Crippen MR) is 149 cm³/mol. The summed E-state index contributed by atoms with van der Waals surface area (Å²) in [6, 6.07) is 11.7. The number of halogens is 3. The third-order valence-electron chi connectivity index (χ3n) is 7.48. The van der Waals surface area contributed by atoms with E-state index in [0.717, 1.165) is 42.5 Å². The van der Waals surface area contributed by atoms with E-state index in [2.05, 4.69) is 5.32 Å². The maximum Gasteiger partial charge on any atom is 0.416 e. The molecule has 2 aromatic rings. The minimum atomic E-state index is -4.38. The summed E-state index contributed by atoms with van der Waals surface area (Å²) >= 11 is 0. The van der Waals surface area contributed by atoms with E-state index in [-0.39, 0.29) is 17.7 Å². The monoisotopic (exact) mass is 559 g/mol. The van der Waals surface area contributed by atoms with Crippen molar-refractivity contribution in [1.82, 2.24) is 10.2 Å². The molecule has 1 fully saturated rings. The quantitative estimate of drug-likeness (QED) is 0.357. The van der Waals surface area contributed by atoms with E-state index in [1.54, 1.807) is 4.90 Å². The number of nitrogens with zero attached hydrogens (tertiary/aromatic N) is 1. The first kappa shape index (κ1) is 31.2. The van der Waals surface area contributed by atoms with Crippen molar-refractivity contribution < 1.29 is 27.6 Å². The van der Waals surface area contributed by atoms with Crippen LogP contribution in [0.2, 0.25) is 0 Å². The zero-order valence-electron chi connectivity index (χ0n) is 23.5. The maximum atomic E-state index is 13.5. The van der Waals surface area contributed by atoms with Crippen LogP contribution in [0.15, 0.2) is 48.5 Å². The van der Waals surface area contributed by atoms with Gasteiger partial charge in [0, 0.05) is 24.9 Å². The first-order valence-corrected chi connectivity index (χ1v) is 14.1. The normalized spacial score (nSPS) is 17.8. The molecule has 2 aromatic carbocycles. The molecule has 40 heavy (non-hydrogen) atoms. The molecule has 3 rings (SSSR count). The molecule has 3 amide bonds. The summed E-state index contributed by atoms with van der Waals surface area (Å²) in [7, 11) is 0. The number of hydrogen-bond acceptors (Lipinski definition) is 3. The maximum absolute atomic E-state index is 13.5. The molecule has 0 bridgehead atoms. The topological polar surface area (TPSA) is 92.5 Å². The van der Waals surface area contributed by atoms with E-state index in [9.17, 15) is 27.6 Å². The van der Waals surface area contributed by atoms with Gasteiger partial charge in [-0.3, -0.25) is 14.4 Å². The summed E-state index contributed by atoms with van der Waals surface area (Å²) in [4.78, 5) is 40.8. The Labute approximate surface area is 234 Å². The van der Waals surface area contributed by atoms with Crippen molar-refractivity contribution in [2.24, 2.45) is 23.5 Å². The molecule has 0 radical (unpaired) electrons. The van der Waals surface area contributed by atoms with Gasteiger partial charge < -0.3 is 16.0 Å². The van der Waals surface area contributed by atoms with Gasteiger partial charge in [0.25, 0.3) is 0 Å². The van der Waals surface area contributed by atoms with Crippen molar-refractivity contribution in [3.8, 4) is 11.1 Å². The zero-order chi connectivity index (χ0) is 29.4. The number of carbonyl (C=O) groups excluding carboxylic acids is 3. The molecule has 0 saturated carbocycles. The largest absolute Gasteiger partial charge is 0.416 e. The molecule has 0 aromatic heterocycles. The van der Waals surface area contributed by atoms with Crippen molar-refractivity contribution in [2.75, 3.05) is 6.54 Å². The Morgan fingerprint density at radius 1 is 1.00 bits per heavy atom. The van der Waals surface area contributed by atoms with Gasteiger partial charge in [-0.1, -0.05) is 63.6 Å². The Morgan fingerprint density at radius 2 is 1.60 bits per heavy atom. The average Bonchev–Trinajstić information content (AvgIpc) is 3.06. The molecule has 0 spiro atoms. The van der Waals surface area contributed by atoms with Crippen molar-refractivity contribution in [3.05, 3.63) is 59.7 Å². The Morgan fingerprint density at radius 3 is 2.12 bits per heavy atom. The highest BCUT2D eigenvalue weighted by Crippen LogP contribution is 2.31. The van der Waals surface area contributed by atoms with Crippen LogP contribution >= 0.6 is 0 Å². The van der Waals surface area contributed by atoms with Crippen LogP contribution in [-0.2, 0) is 27.1 Å². The molecule has 1 saturated heterocycles. The lowest BCUT2D eigenvalue weighted by Gasteiger charge is -2.29. The van der Waals surface area contributed by atoms with Crippen molar-refractivity contribution in [3.63, 3.8) is 0 Å². The fourth-order valence-corrected chi connectivity index (χ4v) is 5.36. The summed E-state index contributed by atoms with van der Waals surface area (Å²) in [5.41, 5.74) is 7.29. The second-order valence-electron chi connectivity index (χ2n) is 11.1. The van der Waals surface area contributed by atoms with Crippen LogP contribution in [0.4, 0.5) is 13.2 Å². The van der Waals surface area contributed by atoms with Gasteiger partial charge in [-0.05, 0) is 66.8 Å². The van der Waals surface area contributed by atoms with Gasteiger partial charge in [-0.2, -0.15) is 13.2 Å². The lowest BCUT2D eigenvalue weighted by atomic mass is 9.81. The number of likely N-dealkylation sites (tertiary alicyclic amines) is 1. The Kier molecular flexibility index (Phi) is 10.8. The molecule has 3 N–H and O–H groups in total. The summed E-state index contributed by atoms with van der Waals surface area (Å²) in [5, 5.41) is 2.95. The molecule has 1 aliphatic heterocycles. The Balaban J connectivity index is 1.70. The van der Waals surface area contributed by atoms with Gasteiger partial charge in [0.05, 0.1) is 5.56 Å². The first-order valence-electron chi connectivity index (χ1n) is 14.1. The molecular formula is C31H40F3N3O3. The molecule has 3 atom stereocenters. The lowest BCUT2D eigenvalue weighted by molar-refractivity contribution is -0.139. The fraction of sp³-hybridized carbons (Fsp3) is 0.516. The molecule has 1 heterocycles. The van der Waals surface area contributed by atoms with E-state index < -0.39 is 35.5 Å². The van der Waals surface area contributed by atoms with Crippen molar-refractivity contribution >= 4 is 17.7 Å². The molecule has 1 aliphatic rings. The van der Waals surface area contributed by atoms with Crippen LogP contribution in [-0.4, -0.2) is 35.2 Å². The molecule has 9 heteroatoms. The number of nitrogens with two attached hydrogens (primary N) is 1. The minimum absolute atomic E-state index is 0.160. The van der Waals surface area contributed by atoms with Crippen LogP contribution in [0.3, 0.4) is 0 Å².